The Labute approximate surface area is 160 Å². The molecular weight excluding hydrogens is 400 g/mol. The van der Waals surface area contributed by atoms with Crippen LogP contribution in [0.25, 0.3) is 0 Å². The summed E-state index contributed by atoms with van der Waals surface area (Å²) in [5.41, 5.74) is 0.0374. The van der Waals surface area contributed by atoms with Crippen molar-refractivity contribution in [1.82, 2.24) is 20.3 Å². The van der Waals surface area contributed by atoms with Crippen LogP contribution >= 0.6 is 11.3 Å². The van der Waals surface area contributed by atoms with E-state index in [1.165, 1.54) is 16.2 Å². The highest BCUT2D eigenvalue weighted by Gasteiger charge is 2.47. The molecule has 1 aromatic rings. The molecule has 1 fully saturated rings. The van der Waals surface area contributed by atoms with E-state index in [-0.39, 0.29) is 19.6 Å². The van der Waals surface area contributed by atoms with Crippen LogP contribution in [0.4, 0.5) is 9.59 Å². The highest BCUT2D eigenvalue weighted by Crippen LogP contribution is 2.41. The maximum atomic E-state index is 12.3. The van der Waals surface area contributed by atoms with E-state index in [1.54, 1.807) is 20.8 Å². The Kier molecular flexibility index (Phi) is 5.05. The van der Waals surface area contributed by atoms with E-state index in [2.05, 4.69) is 14.5 Å². The molecule has 0 saturated carbocycles. The lowest BCUT2D eigenvalue weighted by Crippen LogP contribution is -2.33. The number of thiazole rings is 1. The van der Waals surface area contributed by atoms with Gasteiger partial charge in [0.2, 0.25) is 0 Å². The second-order valence-corrected chi connectivity index (χ2v) is 9.34. The van der Waals surface area contributed by atoms with Gasteiger partial charge in [-0.2, -0.15) is 13.5 Å². The Morgan fingerprint density at radius 2 is 2.11 bits per heavy atom. The number of hydrogen-bond acceptors (Lipinski definition) is 9. The van der Waals surface area contributed by atoms with E-state index >= 15 is 0 Å². The van der Waals surface area contributed by atoms with Gasteiger partial charge in [0.15, 0.2) is 0 Å². The van der Waals surface area contributed by atoms with Crippen LogP contribution in [0.2, 0.25) is 0 Å². The Morgan fingerprint density at radius 1 is 1.41 bits per heavy atom. The van der Waals surface area contributed by atoms with Crippen molar-refractivity contribution < 1.29 is 31.2 Å². The number of ether oxygens (including phenoxy) is 1. The predicted octanol–water partition coefficient (Wildman–Crippen LogP) is 1.28. The van der Waals surface area contributed by atoms with Crippen molar-refractivity contribution in [2.24, 2.45) is 0 Å². The molecule has 0 aliphatic carbocycles. The number of nitrogens with zero attached hydrogens (tertiary/aromatic N) is 3. The molecule has 1 aromatic heterocycles. The third-order valence-electron chi connectivity index (χ3n) is 3.71. The molecule has 1 atom stereocenters. The van der Waals surface area contributed by atoms with E-state index in [4.69, 9.17) is 9.02 Å². The predicted molar refractivity (Wildman–Crippen MR) is 92.6 cm³/mol. The summed E-state index contributed by atoms with van der Waals surface area (Å²) in [6.07, 6.45) is -0.563. The van der Waals surface area contributed by atoms with Crippen molar-refractivity contribution in [3.8, 4) is 0 Å². The Hall–Kier alpha value is -1.96. The number of rotatable bonds is 5. The molecule has 1 saturated heterocycles. The number of fused-ring (bicyclic) bond motifs is 4. The first-order valence-electron chi connectivity index (χ1n) is 8.02. The van der Waals surface area contributed by atoms with Crippen LogP contribution in [0.1, 0.15) is 42.4 Å². The Balaban J connectivity index is 1.73. The first-order chi connectivity index (χ1) is 12.5. The molecule has 27 heavy (non-hydrogen) atoms. The van der Waals surface area contributed by atoms with Gasteiger partial charge in [0.1, 0.15) is 16.7 Å². The Bertz CT molecular complexity index is 861. The highest BCUT2D eigenvalue weighted by molar-refractivity contribution is 7.81. The SMILES string of the molecule is COS(=O)(=O)ON1C(=O)N2Cc3nc(CNC(=O)OC(C)(C)C)sc3C1C2. The lowest BCUT2D eigenvalue weighted by molar-refractivity contribution is -0.0332. The zero-order valence-electron chi connectivity index (χ0n) is 15.2. The zero-order chi connectivity index (χ0) is 20.0. The second-order valence-electron chi connectivity index (χ2n) is 6.93. The third kappa shape index (κ3) is 4.31. The van der Waals surface area contributed by atoms with Gasteiger partial charge in [0.25, 0.3) is 0 Å². The molecule has 3 amide bonds. The lowest BCUT2D eigenvalue weighted by atomic mass is 10.1. The molecule has 0 spiro atoms. The summed E-state index contributed by atoms with van der Waals surface area (Å²) in [4.78, 5) is 30.6. The number of carbonyl (C=O) groups is 2. The molecular formula is C14H20N4O7S2. The molecule has 2 aliphatic heterocycles. The normalized spacial score (nSPS) is 19.3. The van der Waals surface area contributed by atoms with E-state index in [0.29, 0.717) is 15.6 Å². The molecule has 2 bridgehead atoms. The molecule has 11 nitrogen and oxygen atoms in total. The average molecular weight is 420 g/mol. The van der Waals surface area contributed by atoms with Gasteiger partial charge in [-0.15, -0.1) is 15.6 Å². The van der Waals surface area contributed by atoms with Crippen LogP contribution in [-0.4, -0.2) is 54.7 Å². The van der Waals surface area contributed by atoms with Crippen molar-refractivity contribution in [2.75, 3.05) is 13.7 Å². The standard InChI is InChI=1S/C14H20N4O7S2/c1-14(2,3)24-12(19)15-5-10-16-8-6-17-7-9(11(8)26-10)18(13(17)20)25-27(21,22)23-4/h9H,5-7H2,1-4H3,(H,15,19). The average Bonchev–Trinajstić information content (AvgIpc) is 3.07. The summed E-state index contributed by atoms with van der Waals surface area (Å²) in [6, 6.07) is -1.18. The minimum absolute atomic E-state index is 0.157. The summed E-state index contributed by atoms with van der Waals surface area (Å²) < 4.78 is 37.3. The van der Waals surface area contributed by atoms with Crippen molar-refractivity contribution in [2.45, 2.75) is 45.5 Å². The summed E-state index contributed by atoms with van der Waals surface area (Å²) in [5, 5.41) is 4.02. The second kappa shape index (κ2) is 6.89. The number of hydrogen-bond donors (Lipinski definition) is 1. The van der Waals surface area contributed by atoms with Gasteiger partial charge in [0.05, 0.1) is 37.3 Å². The first kappa shape index (κ1) is 19.8. The van der Waals surface area contributed by atoms with Gasteiger partial charge in [-0.1, -0.05) is 0 Å². The molecule has 0 aromatic carbocycles. The van der Waals surface area contributed by atoms with E-state index in [1.807, 2.05) is 0 Å². The lowest BCUT2D eigenvalue weighted by Gasteiger charge is -2.20. The fourth-order valence-electron chi connectivity index (χ4n) is 2.67. The summed E-state index contributed by atoms with van der Waals surface area (Å²) in [7, 11) is -3.37. The fourth-order valence-corrected chi connectivity index (χ4v) is 4.19. The molecule has 2 aliphatic rings. The number of alkyl carbamates (subject to hydrolysis) is 1. The fraction of sp³-hybridized carbons (Fsp3) is 0.643. The van der Waals surface area contributed by atoms with Crippen LogP contribution in [0.15, 0.2) is 0 Å². The molecule has 150 valence electrons. The number of amides is 3. The van der Waals surface area contributed by atoms with Crippen molar-refractivity contribution in [1.29, 1.82) is 0 Å². The van der Waals surface area contributed by atoms with E-state index < -0.39 is 34.2 Å². The zero-order valence-corrected chi connectivity index (χ0v) is 16.8. The maximum Gasteiger partial charge on any atom is 0.420 e. The minimum atomic E-state index is -4.32. The highest BCUT2D eigenvalue weighted by atomic mass is 32.3. The van der Waals surface area contributed by atoms with Crippen LogP contribution in [0.3, 0.4) is 0 Å². The molecule has 3 heterocycles. The third-order valence-corrected chi connectivity index (χ3v) is 5.66. The molecule has 13 heteroatoms. The molecule has 0 radical (unpaired) electrons. The monoisotopic (exact) mass is 420 g/mol. The van der Waals surface area contributed by atoms with Crippen LogP contribution in [-0.2, 0) is 36.7 Å². The first-order valence-corrected chi connectivity index (χ1v) is 10.2. The smallest absolute Gasteiger partial charge is 0.420 e. The maximum absolute atomic E-state index is 12.3. The van der Waals surface area contributed by atoms with E-state index in [0.717, 1.165) is 12.2 Å². The van der Waals surface area contributed by atoms with Gasteiger partial charge in [-0.25, -0.2) is 14.6 Å². The van der Waals surface area contributed by atoms with Gasteiger partial charge >= 0.3 is 22.5 Å². The molecule has 1 N–H and O–H groups in total. The topological polar surface area (TPSA) is 127 Å². The van der Waals surface area contributed by atoms with E-state index in [9.17, 15) is 18.0 Å². The summed E-state index contributed by atoms with van der Waals surface area (Å²) in [5.74, 6) is 0. The quantitative estimate of drug-likeness (QED) is 0.755. The number of carbonyl (C=O) groups excluding carboxylic acids is 2. The Morgan fingerprint density at radius 3 is 2.74 bits per heavy atom. The van der Waals surface area contributed by atoms with Crippen molar-refractivity contribution in [3.05, 3.63) is 15.6 Å². The van der Waals surface area contributed by atoms with Gasteiger partial charge in [-0.3, -0.25) is 4.18 Å². The van der Waals surface area contributed by atoms with Gasteiger partial charge in [-0.05, 0) is 20.8 Å². The van der Waals surface area contributed by atoms with Gasteiger partial charge < -0.3 is 15.0 Å². The largest absolute Gasteiger partial charge is 0.444 e. The van der Waals surface area contributed by atoms with Crippen LogP contribution < -0.4 is 5.32 Å². The van der Waals surface area contributed by atoms with Crippen molar-refractivity contribution in [3.63, 3.8) is 0 Å². The number of hydroxylamine groups is 2. The molecule has 1 unspecified atom stereocenters. The number of urea groups is 1. The number of nitrogens with one attached hydrogen (secondary N) is 1. The van der Waals surface area contributed by atoms with Crippen molar-refractivity contribution >= 4 is 33.9 Å². The minimum Gasteiger partial charge on any atom is -0.444 e. The van der Waals surface area contributed by atoms with Crippen LogP contribution in [0, 0.1) is 0 Å². The van der Waals surface area contributed by atoms with Gasteiger partial charge in [0, 0.05) is 0 Å². The summed E-state index contributed by atoms with van der Waals surface area (Å²) in [6.45, 7) is 5.97. The van der Waals surface area contributed by atoms with Crippen LogP contribution in [0.5, 0.6) is 0 Å². The number of aromatic nitrogens is 1. The molecule has 3 rings (SSSR count). The summed E-state index contributed by atoms with van der Waals surface area (Å²) >= 11 is 1.28.